The molecule has 0 unspecified atom stereocenters. The van der Waals surface area contributed by atoms with E-state index < -0.39 is 18.0 Å². The molecule has 0 bridgehead atoms. The normalized spacial score (nSPS) is 39.4. The monoisotopic (exact) mass is 395 g/mol. The van der Waals surface area contributed by atoms with E-state index >= 15 is 0 Å². The number of carboxylic acids is 1. The van der Waals surface area contributed by atoms with Gasteiger partial charge in [0.1, 0.15) is 5.70 Å². The van der Waals surface area contributed by atoms with Crippen LogP contribution < -0.4 is 10.6 Å². The predicted octanol–water partition coefficient (Wildman–Crippen LogP) is -0.260. The minimum Gasteiger partial charge on any atom is -0.477 e. The molecule has 0 spiro atoms. The lowest BCUT2D eigenvalue weighted by Gasteiger charge is -2.46. The van der Waals surface area contributed by atoms with Crippen molar-refractivity contribution in [3.05, 3.63) is 10.6 Å². The number of carboxylic acid groups (broad SMARTS) is 1. The number of amides is 2. The summed E-state index contributed by atoms with van der Waals surface area (Å²) < 4.78 is 0. The van der Waals surface area contributed by atoms with Crippen molar-refractivity contribution in [2.45, 2.75) is 50.1 Å². The Balaban J connectivity index is 1.49. The first-order chi connectivity index (χ1) is 12.8. The number of rotatable bonds is 5. The van der Waals surface area contributed by atoms with Crippen molar-refractivity contribution in [2.24, 2.45) is 17.8 Å². The third kappa shape index (κ3) is 2.96. The van der Waals surface area contributed by atoms with Crippen molar-refractivity contribution in [1.82, 2.24) is 15.5 Å². The molecule has 0 aliphatic carbocycles. The number of β-lactam (4-membered cyclic amide) rings is 1. The number of thioether (sulfide) groups is 1. The molecule has 9 heteroatoms. The van der Waals surface area contributed by atoms with Gasteiger partial charge in [-0.3, -0.25) is 9.59 Å². The van der Waals surface area contributed by atoms with Gasteiger partial charge in [0.2, 0.25) is 11.8 Å². The Hall–Kier alpha value is -1.58. The Morgan fingerprint density at radius 3 is 2.67 bits per heavy atom. The quantitative estimate of drug-likeness (QED) is 0.474. The van der Waals surface area contributed by atoms with Crippen LogP contribution in [0.5, 0.6) is 0 Å². The first-order valence-electron chi connectivity index (χ1n) is 9.45. The maximum absolute atomic E-state index is 12.4. The number of hydrogen-bond acceptors (Lipinski definition) is 6. The topological polar surface area (TPSA) is 119 Å². The number of aliphatic carboxylic acids is 1. The van der Waals surface area contributed by atoms with Gasteiger partial charge in [-0.25, -0.2) is 4.79 Å². The Bertz CT molecular complexity index is 724. The Morgan fingerprint density at radius 2 is 2.07 bits per heavy atom. The van der Waals surface area contributed by atoms with Crippen molar-refractivity contribution >= 4 is 29.5 Å². The first kappa shape index (κ1) is 18.8. The molecule has 148 valence electrons. The third-order valence-electron chi connectivity index (χ3n) is 6.31. The van der Waals surface area contributed by atoms with Gasteiger partial charge in [-0.05, 0) is 13.3 Å². The van der Waals surface area contributed by atoms with Crippen LogP contribution in [0.2, 0.25) is 0 Å². The summed E-state index contributed by atoms with van der Waals surface area (Å²) in [6.07, 6.45) is 0.617. The van der Waals surface area contributed by atoms with Crippen molar-refractivity contribution in [3.63, 3.8) is 0 Å². The molecule has 4 rings (SSSR count). The number of fused-ring (bicyclic) bond motifs is 1. The van der Waals surface area contributed by atoms with E-state index in [9.17, 15) is 24.6 Å². The minimum absolute atomic E-state index is 0.0839. The summed E-state index contributed by atoms with van der Waals surface area (Å²) in [5.41, 5.74) is 0.0839. The highest BCUT2D eigenvalue weighted by Crippen LogP contribution is 2.52. The molecule has 4 heterocycles. The zero-order valence-electron chi connectivity index (χ0n) is 15.3. The summed E-state index contributed by atoms with van der Waals surface area (Å²) in [5, 5.41) is 26.2. The van der Waals surface area contributed by atoms with E-state index in [2.05, 4.69) is 10.6 Å². The number of carbonyl (C=O) groups excluding carboxylic acids is 2. The van der Waals surface area contributed by atoms with E-state index in [4.69, 9.17) is 0 Å². The standard InChI is InChI=1S/C18H25N3O5S/c1-7-14-13(8(2)22)17(24)21(14)15(18(25)26)16(7)27-10-4-11(19-6-10)9-3-12(23)20-5-9/h7-11,13-14,19,22H,3-6H2,1-2H3,(H,20,23)(H,25,26)/t7-,8-,9-,10+,11+,13-,14-/m1/s1. The number of carbonyl (C=O) groups is 3. The number of aliphatic hydroxyl groups excluding tert-OH is 1. The highest BCUT2D eigenvalue weighted by Gasteiger charge is 2.60. The van der Waals surface area contributed by atoms with E-state index in [1.807, 2.05) is 6.92 Å². The molecular weight excluding hydrogens is 370 g/mol. The average molecular weight is 395 g/mol. The van der Waals surface area contributed by atoms with Crippen molar-refractivity contribution in [2.75, 3.05) is 13.1 Å². The van der Waals surface area contributed by atoms with Crippen LogP contribution in [0.25, 0.3) is 0 Å². The molecule has 2 amide bonds. The molecule has 3 fully saturated rings. The zero-order valence-corrected chi connectivity index (χ0v) is 16.2. The second kappa shape index (κ2) is 6.79. The summed E-state index contributed by atoms with van der Waals surface area (Å²) in [6, 6.07) is -0.0242. The van der Waals surface area contributed by atoms with Crippen LogP contribution >= 0.6 is 11.8 Å². The van der Waals surface area contributed by atoms with Crippen LogP contribution in [0.4, 0.5) is 0 Å². The molecule has 0 aromatic carbocycles. The largest absolute Gasteiger partial charge is 0.477 e. The molecule has 27 heavy (non-hydrogen) atoms. The molecule has 3 saturated heterocycles. The van der Waals surface area contributed by atoms with Crippen molar-refractivity contribution < 1.29 is 24.6 Å². The van der Waals surface area contributed by atoms with Crippen molar-refractivity contribution in [3.8, 4) is 0 Å². The fourth-order valence-electron chi connectivity index (χ4n) is 4.95. The maximum atomic E-state index is 12.4. The third-order valence-corrected chi connectivity index (χ3v) is 7.82. The van der Waals surface area contributed by atoms with Gasteiger partial charge in [0, 0.05) is 47.5 Å². The Morgan fingerprint density at radius 1 is 1.33 bits per heavy atom. The summed E-state index contributed by atoms with van der Waals surface area (Å²) in [6.45, 7) is 4.97. The molecule has 8 nitrogen and oxygen atoms in total. The van der Waals surface area contributed by atoms with E-state index in [1.165, 1.54) is 4.90 Å². The number of nitrogens with zero attached hydrogens (tertiary/aromatic N) is 1. The summed E-state index contributed by atoms with van der Waals surface area (Å²) >= 11 is 1.54. The second-order valence-electron chi connectivity index (χ2n) is 8.03. The number of aliphatic hydroxyl groups is 1. The van der Waals surface area contributed by atoms with Crippen LogP contribution in [0.3, 0.4) is 0 Å². The SMILES string of the molecule is C[C@@H](O)[C@H]1C(=O)N2C(C(=O)O)=C(S[C@@H]3CN[C@H]([C@H]4CNC(=O)C4)C3)[C@H](C)[C@H]12. The Kier molecular flexibility index (Phi) is 4.72. The molecule has 0 aromatic rings. The van der Waals surface area contributed by atoms with E-state index in [0.29, 0.717) is 13.0 Å². The van der Waals surface area contributed by atoms with Gasteiger partial charge in [-0.15, -0.1) is 11.8 Å². The second-order valence-corrected chi connectivity index (χ2v) is 9.37. The van der Waals surface area contributed by atoms with E-state index in [0.717, 1.165) is 17.9 Å². The molecule has 4 N–H and O–H groups in total. The van der Waals surface area contributed by atoms with Crippen LogP contribution in [-0.4, -0.2) is 69.4 Å². The van der Waals surface area contributed by atoms with Crippen LogP contribution in [0, 0.1) is 17.8 Å². The maximum Gasteiger partial charge on any atom is 0.353 e. The molecule has 4 aliphatic rings. The number of nitrogens with one attached hydrogen (secondary N) is 2. The molecule has 0 saturated carbocycles. The van der Waals surface area contributed by atoms with Crippen LogP contribution in [-0.2, 0) is 14.4 Å². The fraction of sp³-hybridized carbons (Fsp3) is 0.722. The highest BCUT2D eigenvalue weighted by atomic mass is 32.2. The zero-order chi connectivity index (χ0) is 19.5. The molecular formula is C18H25N3O5S. The molecule has 7 atom stereocenters. The van der Waals surface area contributed by atoms with Crippen molar-refractivity contribution in [1.29, 1.82) is 0 Å². The van der Waals surface area contributed by atoms with E-state index in [-0.39, 0.29) is 46.7 Å². The summed E-state index contributed by atoms with van der Waals surface area (Å²) in [5.74, 6) is -1.65. The average Bonchev–Trinajstić information content (AvgIpc) is 3.27. The molecule has 0 aromatic heterocycles. The van der Waals surface area contributed by atoms with Gasteiger partial charge in [-0.2, -0.15) is 0 Å². The smallest absolute Gasteiger partial charge is 0.353 e. The van der Waals surface area contributed by atoms with Gasteiger partial charge < -0.3 is 25.7 Å². The van der Waals surface area contributed by atoms with Crippen LogP contribution in [0.1, 0.15) is 26.7 Å². The lowest BCUT2D eigenvalue weighted by atomic mass is 9.79. The fourth-order valence-corrected chi connectivity index (χ4v) is 6.45. The number of hydrogen-bond donors (Lipinski definition) is 4. The highest BCUT2D eigenvalue weighted by molar-refractivity contribution is 8.03. The summed E-state index contributed by atoms with van der Waals surface area (Å²) in [7, 11) is 0. The lowest BCUT2D eigenvalue weighted by molar-refractivity contribution is -0.163. The lowest BCUT2D eigenvalue weighted by Crippen LogP contribution is -2.63. The molecule has 4 aliphatic heterocycles. The van der Waals surface area contributed by atoms with Crippen LogP contribution in [0.15, 0.2) is 10.6 Å². The Labute approximate surface area is 161 Å². The van der Waals surface area contributed by atoms with Gasteiger partial charge in [-0.1, -0.05) is 6.92 Å². The first-order valence-corrected chi connectivity index (χ1v) is 10.3. The molecule has 0 radical (unpaired) electrons. The van der Waals surface area contributed by atoms with Gasteiger partial charge in [0.25, 0.3) is 0 Å². The van der Waals surface area contributed by atoms with E-state index in [1.54, 1.807) is 18.7 Å². The van der Waals surface area contributed by atoms with Gasteiger partial charge in [0.05, 0.1) is 18.1 Å². The summed E-state index contributed by atoms with van der Waals surface area (Å²) in [4.78, 5) is 37.8. The van der Waals surface area contributed by atoms with Gasteiger partial charge >= 0.3 is 5.97 Å². The van der Waals surface area contributed by atoms with Gasteiger partial charge in [0.15, 0.2) is 0 Å². The predicted molar refractivity (Wildman–Crippen MR) is 98.5 cm³/mol. The minimum atomic E-state index is -1.09.